The molecule has 1 unspecified atom stereocenters. The van der Waals surface area contributed by atoms with E-state index >= 15 is 0 Å². The van der Waals surface area contributed by atoms with Gasteiger partial charge in [-0.3, -0.25) is 9.00 Å². The molecule has 1 heterocycles. The Morgan fingerprint density at radius 3 is 2.24 bits per heavy atom. The monoisotopic (exact) mass is 458 g/mol. The van der Waals surface area contributed by atoms with Gasteiger partial charge in [0.25, 0.3) is 5.91 Å². The molecule has 1 aromatic heterocycles. The highest BCUT2D eigenvalue weighted by atomic mass is 32.2. The summed E-state index contributed by atoms with van der Waals surface area (Å²) < 4.78 is 13.9. The molecule has 1 atom stereocenters. The Morgan fingerprint density at radius 2 is 1.61 bits per heavy atom. The fourth-order valence-electron chi connectivity index (χ4n) is 4.18. The van der Waals surface area contributed by atoms with E-state index in [9.17, 15) is 9.00 Å². The average molecular weight is 459 g/mol. The molecule has 170 valence electrons. The number of aromatic nitrogens is 1. The molecular weight excluding hydrogens is 428 g/mol. The van der Waals surface area contributed by atoms with Gasteiger partial charge in [0.1, 0.15) is 0 Å². The third-order valence-electron chi connectivity index (χ3n) is 5.91. The van der Waals surface area contributed by atoms with Crippen molar-refractivity contribution in [3.8, 4) is 0 Å². The molecule has 1 amide bonds. The van der Waals surface area contributed by atoms with Gasteiger partial charge in [-0.15, -0.1) is 0 Å². The Bertz CT molecular complexity index is 1300. The molecule has 0 radical (unpaired) electrons. The van der Waals surface area contributed by atoms with Crippen molar-refractivity contribution in [2.45, 2.75) is 44.7 Å². The van der Waals surface area contributed by atoms with Crippen molar-refractivity contribution in [3.05, 3.63) is 101 Å². The molecule has 0 spiro atoms. The Morgan fingerprint density at radius 1 is 0.939 bits per heavy atom. The van der Waals surface area contributed by atoms with Crippen LogP contribution in [0.4, 0.5) is 0 Å². The maximum Gasteiger partial charge on any atom is 0.251 e. The third kappa shape index (κ3) is 5.25. The minimum atomic E-state index is -1.00. The van der Waals surface area contributed by atoms with E-state index in [1.54, 1.807) is 6.26 Å². The van der Waals surface area contributed by atoms with Crippen molar-refractivity contribution >= 4 is 27.6 Å². The van der Waals surface area contributed by atoms with Gasteiger partial charge in [-0.05, 0) is 68.3 Å². The van der Waals surface area contributed by atoms with E-state index in [1.807, 2.05) is 42.5 Å². The van der Waals surface area contributed by atoms with Gasteiger partial charge < -0.3 is 9.88 Å². The predicted octanol–water partition coefficient (Wildman–Crippen LogP) is 5.79. The largest absolute Gasteiger partial charge is 0.348 e. The highest BCUT2D eigenvalue weighted by molar-refractivity contribution is 7.84. The lowest BCUT2D eigenvalue weighted by Crippen LogP contribution is -2.22. The zero-order valence-corrected chi connectivity index (χ0v) is 20.4. The Kier molecular flexibility index (Phi) is 6.80. The molecule has 33 heavy (non-hydrogen) atoms. The second kappa shape index (κ2) is 9.75. The number of carbonyl (C=O) groups excluding carboxylic acids is 1. The minimum Gasteiger partial charge on any atom is -0.348 e. The van der Waals surface area contributed by atoms with Gasteiger partial charge in [0, 0.05) is 63.1 Å². The topological polar surface area (TPSA) is 51.1 Å². The molecule has 1 N–H and O–H groups in total. The van der Waals surface area contributed by atoms with Crippen molar-refractivity contribution in [2.75, 3.05) is 6.26 Å². The van der Waals surface area contributed by atoms with Gasteiger partial charge in [0.05, 0.1) is 0 Å². The van der Waals surface area contributed by atoms with Gasteiger partial charge in [0.15, 0.2) is 0 Å². The fourth-order valence-corrected chi connectivity index (χ4v) is 4.70. The van der Waals surface area contributed by atoms with Gasteiger partial charge >= 0.3 is 0 Å². The summed E-state index contributed by atoms with van der Waals surface area (Å²) in [6.07, 6.45) is 2.51. The van der Waals surface area contributed by atoms with Crippen LogP contribution in [-0.4, -0.2) is 20.9 Å². The van der Waals surface area contributed by atoms with E-state index < -0.39 is 10.8 Å². The Balaban J connectivity index is 1.54. The molecular formula is C28H30N2O2S. The lowest BCUT2D eigenvalue weighted by atomic mass is 10.1. The number of benzene rings is 3. The SMILES string of the molecule is Cc1ccc(Cc2cc3cc(C(=O)NCc4ccc(S(C)=O)cc4)ccc3n2C(C)C)cc1. The van der Waals surface area contributed by atoms with Crippen molar-refractivity contribution in [1.82, 2.24) is 9.88 Å². The summed E-state index contributed by atoms with van der Waals surface area (Å²) in [5.41, 5.74) is 6.56. The first-order valence-electron chi connectivity index (χ1n) is 11.2. The fraction of sp³-hybridized carbons (Fsp3) is 0.250. The van der Waals surface area contributed by atoms with Crippen LogP contribution in [0.3, 0.4) is 0 Å². The number of aryl methyl sites for hydroxylation is 1. The first kappa shape index (κ1) is 23.0. The van der Waals surface area contributed by atoms with Gasteiger partial charge in [0.2, 0.25) is 0 Å². The summed E-state index contributed by atoms with van der Waals surface area (Å²) in [4.78, 5) is 13.6. The van der Waals surface area contributed by atoms with Crippen LogP contribution < -0.4 is 5.32 Å². The molecule has 0 saturated heterocycles. The van der Waals surface area contributed by atoms with Gasteiger partial charge in [-0.25, -0.2) is 0 Å². The van der Waals surface area contributed by atoms with Crippen LogP contribution in [0, 0.1) is 6.92 Å². The second-order valence-corrected chi connectivity index (χ2v) is 10.2. The molecule has 0 bridgehead atoms. The predicted molar refractivity (Wildman–Crippen MR) is 136 cm³/mol. The Hall–Kier alpha value is -3.18. The summed E-state index contributed by atoms with van der Waals surface area (Å²) >= 11 is 0. The van der Waals surface area contributed by atoms with E-state index in [0.29, 0.717) is 18.2 Å². The van der Waals surface area contributed by atoms with Crippen LogP contribution in [0.25, 0.3) is 10.9 Å². The lowest BCUT2D eigenvalue weighted by Gasteiger charge is -2.15. The van der Waals surface area contributed by atoms with E-state index in [-0.39, 0.29) is 5.91 Å². The van der Waals surface area contributed by atoms with E-state index in [1.165, 1.54) is 16.8 Å². The van der Waals surface area contributed by atoms with Gasteiger partial charge in [-0.2, -0.15) is 0 Å². The van der Waals surface area contributed by atoms with Crippen molar-refractivity contribution in [2.24, 2.45) is 0 Å². The number of carbonyl (C=O) groups is 1. The van der Waals surface area contributed by atoms with Crippen LogP contribution in [-0.2, 0) is 23.8 Å². The maximum absolute atomic E-state index is 12.8. The highest BCUT2D eigenvalue weighted by Gasteiger charge is 2.14. The van der Waals surface area contributed by atoms with Crippen LogP contribution in [0.5, 0.6) is 0 Å². The summed E-state index contributed by atoms with van der Waals surface area (Å²) in [6.45, 7) is 6.92. The number of nitrogens with one attached hydrogen (secondary N) is 1. The molecule has 3 aromatic carbocycles. The zero-order chi connectivity index (χ0) is 23.5. The number of amides is 1. The zero-order valence-electron chi connectivity index (χ0n) is 19.6. The van der Waals surface area contributed by atoms with Crippen molar-refractivity contribution < 1.29 is 9.00 Å². The quantitative estimate of drug-likeness (QED) is 0.381. The molecule has 0 aliphatic carbocycles. The standard InChI is InChI=1S/C28H30N2O2S/c1-19(2)30-25(15-21-7-5-20(3)6-8-21)17-24-16-23(11-14-27(24)30)28(31)29-18-22-9-12-26(13-10-22)33(4)32/h5-14,16-17,19H,15,18H2,1-4H3,(H,29,31). The first-order chi connectivity index (χ1) is 15.8. The Labute approximate surface area is 198 Å². The first-order valence-corrected chi connectivity index (χ1v) is 12.8. The maximum atomic E-state index is 12.8. The third-order valence-corrected chi connectivity index (χ3v) is 6.85. The molecule has 5 heteroatoms. The molecule has 4 rings (SSSR count). The normalized spacial score (nSPS) is 12.3. The summed E-state index contributed by atoms with van der Waals surface area (Å²) in [5.74, 6) is -0.0996. The number of hydrogen-bond acceptors (Lipinski definition) is 2. The van der Waals surface area contributed by atoms with Crippen LogP contribution in [0.2, 0.25) is 0 Å². The van der Waals surface area contributed by atoms with Crippen molar-refractivity contribution in [1.29, 1.82) is 0 Å². The number of nitrogens with zero attached hydrogens (tertiary/aromatic N) is 1. The van der Waals surface area contributed by atoms with E-state index in [0.717, 1.165) is 27.8 Å². The van der Waals surface area contributed by atoms with Crippen LogP contribution >= 0.6 is 0 Å². The van der Waals surface area contributed by atoms with Gasteiger partial charge in [-0.1, -0.05) is 42.0 Å². The molecule has 0 fully saturated rings. The van der Waals surface area contributed by atoms with E-state index in [2.05, 4.69) is 61.0 Å². The number of hydrogen-bond donors (Lipinski definition) is 1. The second-order valence-electron chi connectivity index (χ2n) is 8.82. The minimum absolute atomic E-state index is 0.0996. The molecule has 0 saturated carbocycles. The number of fused-ring (bicyclic) bond motifs is 1. The van der Waals surface area contributed by atoms with Crippen LogP contribution in [0.15, 0.2) is 77.7 Å². The molecule has 0 aliphatic rings. The molecule has 4 nitrogen and oxygen atoms in total. The summed E-state index contributed by atoms with van der Waals surface area (Å²) in [7, 11) is -1.00. The number of rotatable bonds is 7. The smallest absolute Gasteiger partial charge is 0.251 e. The van der Waals surface area contributed by atoms with E-state index in [4.69, 9.17) is 0 Å². The highest BCUT2D eigenvalue weighted by Crippen LogP contribution is 2.27. The summed E-state index contributed by atoms with van der Waals surface area (Å²) in [6, 6.07) is 24.6. The summed E-state index contributed by atoms with van der Waals surface area (Å²) in [5, 5.41) is 4.07. The molecule has 4 aromatic rings. The molecule has 0 aliphatic heterocycles. The van der Waals surface area contributed by atoms with Crippen LogP contribution in [0.1, 0.15) is 52.6 Å². The van der Waals surface area contributed by atoms with Crippen molar-refractivity contribution in [3.63, 3.8) is 0 Å². The lowest BCUT2D eigenvalue weighted by molar-refractivity contribution is 0.0951. The average Bonchev–Trinajstić information content (AvgIpc) is 3.16.